The van der Waals surface area contributed by atoms with Crippen LogP contribution in [-0.4, -0.2) is 40.9 Å². The maximum absolute atomic E-state index is 12.5. The van der Waals surface area contributed by atoms with Crippen molar-refractivity contribution in [1.29, 1.82) is 0 Å². The van der Waals surface area contributed by atoms with Gasteiger partial charge >= 0.3 is 12.2 Å². The van der Waals surface area contributed by atoms with Gasteiger partial charge in [0, 0.05) is 24.0 Å². The van der Waals surface area contributed by atoms with E-state index in [1.54, 1.807) is 11.0 Å². The molecule has 2 N–H and O–H groups in total. The van der Waals surface area contributed by atoms with Crippen molar-refractivity contribution in [2.45, 2.75) is 72.3 Å². The van der Waals surface area contributed by atoms with Crippen LogP contribution in [0.25, 0.3) is 0 Å². The Morgan fingerprint density at radius 1 is 1.11 bits per heavy atom. The molecule has 7 heteroatoms. The summed E-state index contributed by atoms with van der Waals surface area (Å²) >= 11 is 0. The van der Waals surface area contributed by atoms with E-state index in [1.165, 1.54) is 0 Å². The van der Waals surface area contributed by atoms with Crippen molar-refractivity contribution in [2.24, 2.45) is 0 Å². The second-order valence-electron chi connectivity index (χ2n) is 8.84. The fraction of sp³-hybridized carbons (Fsp3) is 0.600. The van der Waals surface area contributed by atoms with Crippen LogP contribution in [0.4, 0.5) is 21.0 Å². The van der Waals surface area contributed by atoms with E-state index in [4.69, 9.17) is 9.47 Å². The Bertz CT molecular complexity index is 704. The van der Waals surface area contributed by atoms with Gasteiger partial charge in [0.05, 0.1) is 6.54 Å². The summed E-state index contributed by atoms with van der Waals surface area (Å²) in [6, 6.07) is 5.51. The molecule has 150 valence electrons. The first-order valence-corrected chi connectivity index (χ1v) is 9.20. The minimum Gasteiger partial charge on any atom is -0.444 e. The Morgan fingerprint density at radius 3 is 2.33 bits per heavy atom. The van der Waals surface area contributed by atoms with Crippen molar-refractivity contribution in [3.05, 3.63) is 23.8 Å². The molecule has 0 aromatic heterocycles. The van der Waals surface area contributed by atoms with Crippen molar-refractivity contribution in [3.8, 4) is 0 Å². The quantitative estimate of drug-likeness (QED) is 0.748. The van der Waals surface area contributed by atoms with E-state index in [0.717, 1.165) is 11.3 Å². The molecule has 27 heavy (non-hydrogen) atoms. The lowest BCUT2D eigenvalue weighted by molar-refractivity contribution is 0.0171. The number of carbonyl (C=O) groups is 2. The second-order valence-corrected chi connectivity index (χ2v) is 8.84. The van der Waals surface area contributed by atoms with E-state index in [-0.39, 0.29) is 12.1 Å². The highest BCUT2D eigenvalue weighted by molar-refractivity contribution is 5.86. The third kappa shape index (κ3) is 6.34. The molecule has 7 nitrogen and oxygen atoms in total. The van der Waals surface area contributed by atoms with Gasteiger partial charge in [-0.2, -0.15) is 0 Å². The third-order valence-corrected chi connectivity index (χ3v) is 3.84. The van der Waals surface area contributed by atoms with Crippen LogP contribution in [0, 0.1) is 0 Å². The first-order chi connectivity index (χ1) is 12.3. The Labute approximate surface area is 161 Å². The Balaban J connectivity index is 2.14. The van der Waals surface area contributed by atoms with Gasteiger partial charge in [-0.05, 0) is 66.2 Å². The van der Waals surface area contributed by atoms with E-state index < -0.39 is 17.3 Å². The van der Waals surface area contributed by atoms with Crippen LogP contribution in [0.3, 0.4) is 0 Å². The van der Waals surface area contributed by atoms with E-state index in [9.17, 15) is 9.59 Å². The fourth-order valence-corrected chi connectivity index (χ4v) is 2.65. The highest BCUT2D eigenvalue weighted by atomic mass is 16.6. The summed E-state index contributed by atoms with van der Waals surface area (Å²) in [5, 5.41) is 6.08. The Morgan fingerprint density at radius 2 is 1.74 bits per heavy atom. The zero-order valence-electron chi connectivity index (χ0n) is 17.3. The van der Waals surface area contributed by atoms with Gasteiger partial charge in [0.1, 0.15) is 11.2 Å². The summed E-state index contributed by atoms with van der Waals surface area (Å²) < 4.78 is 10.8. The second kappa shape index (κ2) is 7.66. The maximum Gasteiger partial charge on any atom is 0.412 e. The summed E-state index contributed by atoms with van der Waals surface area (Å²) in [6.45, 7) is 14.0. The number of fused-ring (bicyclic) bond motifs is 1. The molecule has 2 amide bonds. The van der Waals surface area contributed by atoms with Gasteiger partial charge in [-0.25, -0.2) is 9.59 Å². The zero-order chi connectivity index (χ0) is 20.4. The number of nitrogens with one attached hydrogen (secondary N) is 2. The highest BCUT2D eigenvalue weighted by Gasteiger charge is 2.29. The molecule has 0 aliphatic carbocycles. The average molecular weight is 377 g/mol. The maximum atomic E-state index is 12.5. The number of hydrogen-bond acceptors (Lipinski definition) is 5. The van der Waals surface area contributed by atoms with Crippen LogP contribution in [-0.2, 0) is 16.0 Å². The molecule has 1 aromatic carbocycles. The van der Waals surface area contributed by atoms with Crippen LogP contribution in [0.1, 0.15) is 54.0 Å². The molecular formula is C20H31N3O4. The summed E-state index contributed by atoms with van der Waals surface area (Å²) in [4.78, 5) is 26.2. The van der Waals surface area contributed by atoms with Gasteiger partial charge in [0.15, 0.2) is 0 Å². The minimum atomic E-state index is -0.558. The lowest BCUT2D eigenvalue weighted by atomic mass is 10.1. The Kier molecular flexibility index (Phi) is 5.92. The van der Waals surface area contributed by atoms with Crippen LogP contribution in [0.5, 0.6) is 0 Å². The zero-order valence-corrected chi connectivity index (χ0v) is 17.3. The van der Waals surface area contributed by atoms with Crippen LogP contribution >= 0.6 is 0 Å². The molecule has 0 radical (unpaired) electrons. The Hall–Kier alpha value is -2.44. The lowest BCUT2D eigenvalue weighted by Gasteiger charge is -2.30. The normalized spacial score (nSPS) is 17.3. The first kappa shape index (κ1) is 20.9. The van der Waals surface area contributed by atoms with Gasteiger partial charge in [0.2, 0.25) is 0 Å². The van der Waals surface area contributed by atoms with Crippen molar-refractivity contribution in [2.75, 3.05) is 17.2 Å². The van der Waals surface area contributed by atoms with E-state index >= 15 is 0 Å². The summed E-state index contributed by atoms with van der Waals surface area (Å²) in [5.41, 5.74) is 1.37. The summed E-state index contributed by atoms with van der Waals surface area (Å²) in [6.07, 6.45) is -0.833. The molecule has 0 spiro atoms. The molecule has 1 aromatic rings. The standard InChI is InChI=1S/C20H31N3O4/c1-13-11-21-16-10-15(22-17(24)26-19(2,3)4)9-8-14(16)12-23(13)18(25)27-20(5,6)7/h8-10,13,21H,11-12H2,1-7H3,(H,22,24). The van der Waals surface area contributed by atoms with E-state index in [2.05, 4.69) is 10.6 Å². The molecular weight excluding hydrogens is 346 g/mol. The van der Waals surface area contributed by atoms with Crippen molar-refractivity contribution >= 4 is 23.6 Å². The molecule has 1 atom stereocenters. The van der Waals surface area contributed by atoms with Crippen LogP contribution in [0.2, 0.25) is 0 Å². The number of anilines is 2. The van der Waals surface area contributed by atoms with Crippen LogP contribution < -0.4 is 10.6 Å². The minimum absolute atomic E-state index is 0.0329. The molecule has 1 aliphatic rings. The molecule has 0 fully saturated rings. The highest BCUT2D eigenvalue weighted by Crippen LogP contribution is 2.27. The number of hydrogen-bond donors (Lipinski definition) is 2. The third-order valence-electron chi connectivity index (χ3n) is 3.84. The molecule has 1 aliphatic heterocycles. The van der Waals surface area contributed by atoms with E-state index in [0.29, 0.717) is 18.8 Å². The molecule has 1 unspecified atom stereocenters. The van der Waals surface area contributed by atoms with Gasteiger partial charge < -0.3 is 14.8 Å². The van der Waals surface area contributed by atoms with E-state index in [1.807, 2.05) is 60.6 Å². The molecule has 2 rings (SSSR count). The van der Waals surface area contributed by atoms with Crippen molar-refractivity contribution in [3.63, 3.8) is 0 Å². The van der Waals surface area contributed by atoms with Gasteiger partial charge in [-0.15, -0.1) is 0 Å². The number of ether oxygens (including phenoxy) is 2. The SMILES string of the molecule is CC1CNc2cc(NC(=O)OC(C)(C)C)ccc2CN1C(=O)OC(C)(C)C. The smallest absolute Gasteiger partial charge is 0.412 e. The number of nitrogens with zero attached hydrogens (tertiary/aromatic N) is 1. The molecule has 0 bridgehead atoms. The first-order valence-electron chi connectivity index (χ1n) is 9.20. The summed E-state index contributed by atoms with van der Waals surface area (Å²) in [5.74, 6) is 0. The molecule has 1 heterocycles. The van der Waals surface area contributed by atoms with Crippen molar-refractivity contribution in [1.82, 2.24) is 4.90 Å². The largest absolute Gasteiger partial charge is 0.444 e. The van der Waals surface area contributed by atoms with Gasteiger partial charge in [-0.3, -0.25) is 10.2 Å². The lowest BCUT2D eigenvalue weighted by Crippen LogP contribution is -2.43. The predicted octanol–water partition coefficient (Wildman–Crippen LogP) is 4.58. The monoisotopic (exact) mass is 377 g/mol. The van der Waals surface area contributed by atoms with Gasteiger partial charge in [-0.1, -0.05) is 6.07 Å². The topological polar surface area (TPSA) is 79.9 Å². The number of benzene rings is 1. The van der Waals surface area contributed by atoms with Crippen LogP contribution in [0.15, 0.2) is 18.2 Å². The number of amides is 2. The molecule has 0 saturated heterocycles. The fourth-order valence-electron chi connectivity index (χ4n) is 2.65. The van der Waals surface area contributed by atoms with Crippen molar-refractivity contribution < 1.29 is 19.1 Å². The molecule has 0 saturated carbocycles. The number of rotatable bonds is 1. The summed E-state index contributed by atoms with van der Waals surface area (Å²) in [7, 11) is 0. The predicted molar refractivity (Wildman–Crippen MR) is 106 cm³/mol. The van der Waals surface area contributed by atoms with Gasteiger partial charge in [0.25, 0.3) is 0 Å². The average Bonchev–Trinajstić information content (AvgIpc) is 2.63. The number of carbonyl (C=O) groups excluding carboxylic acids is 2.